The van der Waals surface area contributed by atoms with Crippen LogP contribution in [0.15, 0.2) is 34.1 Å². The Hall–Kier alpha value is -2.23. The zero-order valence-corrected chi connectivity index (χ0v) is 25.1. The van der Waals surface area contributed by atoms with Gasteiger partial charge in [0.2, 0.25) is 6.41 Å². The van der Waals surface area contributed by atoms with Crippen molar-refractivity contribution in [2.45, 2.75) is 79.1 Å². The van der Waals surface area contributed by atoms with E-state index in [2.05, 4.69) is 15.9 Å². The van der Waals surface area contributed by atoms with Crippen LogP contribution in [-0.2, 0) is 20.7 Å². The average Bonchev–Trinajstić information content (AvgIpc) is 3.06. The maximum absolute atomic E-state index is 13.6. The summed E-state index contributed by atoms with van der Waals surface area (Å²) >= 11 is 4.84. The predicted molar refractivity (Wildman–Crippen MR) is 150 cm³/mol. The molecular weight excluding hydrogens is 544 g/mol. The topological polar surface area (TPSA) is 87.2 Å². The van der Waals surface area contributed by atoms with Gasteiger partial charge in [-0.1, -0.05) is 30.3 Å². The van der Waals surface area contributed by atoms with Crippen LogP contribution in [0.3, 0.4) is 0 Å². The lowest BCUT2D eigenvalue weighted by Crippen LogP contribution is -2.53. The number of esters is 1. The number of aliphatic hydroxyl groups excluding tert-OH is 1. The first-order valence-corrected chi connectivity index (χ1v) is 13.4. The number of carbonyl (C=O) groups excluding carboxylic acids is 3. The van der Waals surface area contributed by atoms with Crippen molar-refractivity contribution in [2.24, 2.45) is 0 Å². The molecule has 0 saturated carbocycles. The lowest BCUT2D eigenvalue weighted by atomic mass is 10.0. The average molecular weight is 584 g/mol. The molecule has 0 saturated heterocycles. The number of amides is 2. The first kappa shape index (κ1) is 31.8. The van der Waals surface area contributed by atoms with Crippen LogP contribution in [-0.4, -0.2) is 59.1 Å². The molecule has 1 aromatic carbocycles. The number of hydrogen-bond donors (Lipinski definition) is 1. The summed E-state index contributed by atoms with van der Waals surface area (Å²) in [5.41, 5.74) is 0.368. The van der Waals surface area contributed by atoms with Crippen LogP contribution in [0.1, 0.15) is 70.0 Å². The van der Waals surface area contributed by atoms with Crippen LogP contribution in [0, 0.1) is 6.92 Å². The molecule has 9 heteroatoms. The van der Waals surface area contributed by atoms with Gasteiger partial charge in [0.25, 0.3) is 5.91 Å². The van der Waals surface area contributed by atoms with Crippen molar-refractivity contribution in [3.63, 3.8) is 0 Å². The van der Waals surface area contributed by atoms with Crippen LogP contribution in [0.25, 0.3) is 0 Å². The van der Waals surface area contributed by atoms with Gasteiger partial charge in [-0.3, -0.25) is 9.59 Å². The largest absolute Gasteiger partial charge is 0.458 e. The molecule has 7 nitrogen and oxygen atoms in total. The lowest BCUT2D eigenvalue weighted by molar-refractivity contribution is -0.165. The number of ether oxygens (including phenoxy) is 1. The Labute approximate surface area is 227 Å². The van der Waals surface area contributed by atoms with E-state index in [1.54, 1.807) is 60.4 Å². The minimum Gasteiger partial charge on any atom is -0.458 e. The Morgan fingerprint density at radius 3 is 2.14 bits per heavy atom. The van der Waals surface area contributed by atoms with E-state index in [4.69, 9.17) is 9.84 Å². The number of halogens is 1. The first-order valence-electron chi connectivity index (χ1n) is 11.8. The quantitative estimate of drug-likeness (QED) is 0.323. The van der Waals surface area contributed by atoms with Crippen molar-refractivity contribution in [1.82, 2.24) is 4.90 Å². The number of carbonyl (C=O) groups is 3. The predicted octanol–water partition coefficient (Wildman–Crippen LogP) is 5.60. The van der Waals surface area contributed by atoms with E-state index in [9.17, 15) is 14.4 Å². The number of aliphatic hydroxyl groups is 1. The van der Waals surface area contributed by atoms with Gasteiger partial charge < -0.3 is 19.6 Å². The molecule has 1 heterocycles. The van der Waals surface area contributed by atoms with Gasteiger partial charge in [-0.25, -0.2) is 4.79 Å². The molecule has 2 aromatic rings. The number of thiophene rings is 1. The summed E-state index contributed by atoms with van der Waals surface area (Å²) in [7, 11) is 1.58. The van der Waals surface area contributed by atoms with Crippen molar-refractivity contribution in [1.29, 1.82) is 0 Å². The molecular formula is C27H39BrN2O5S. The van der Waals surface area contributed by atoms with E-state index in [-0.39, 0.29) is 12.0 Å². The summed E-state index contributed by atoms with van der Waals surface area (Å²) in [6, 6.07) is 9.85. The second-order valence-electron chi connectivity index (χ2n) is 10.2. The molecule has 1 N–H and O–H groups in total. The van der Waals surface area contributed by atoms with Crippen LogP contribution in [0.2, 0.25) is 0 Å². The Kier molecular flexibility index (Phi) is 11.8. The second-order valence-corrected chi connectivity index (χ2v) is 12.6. The highest BCUT2D eigenvalue weighted by Crippen LogP contribution is 2.40. The van der Waals surface area contributed by atoms with Crippen molar-refractivity contribution >= 4 is 50.6 Å². The third-order valence-electron chi connectivity index (χ3n) is 5.20. The molecule has 200 valence electrons. The lowest BCUT2D eigenvalue weighted by Gasteiger charge is -2.36. The molecule has 0 atom stereocenters. The monoisotopic (exact) mass is 582 g/mol. The Bertz CT molecular complexity index is 1030. The van der Waals surface area contributed by atoms with Crippen LogP contribution < -0.4 is 4.90 Å². The van der Waals surface area contributed by atoms with Gasteiger partial charge in [-0.15, -0.1) is 11.3 Å². The van der Waals surface area contributed by atoms with Gasteiger partial charge in [0.1, 0.15) is 16.1 Å². The van der Waals surface area contributed by atoms with Crippen molar-refractivity contribution in [2.75, 3.05) is 18.5 Å². The first-order chi connectivity index (χ1) is 16.5. The molecule has 0 bridgehead atoms. The summed E-state index contributed by atoms with van der Waals surface area (Å²) < 4.78 is 6.29. The fourth-order valence-electron chi connectivity index (χ4n) is 2.98. The van der Waals surface area contributed by atoms with Crippen LogP contribution in [0.4, 0.5) is 5.00 Å². The van der Waals surface area contributed by atoms with Crippen LogP contribution >= 0.6 is 27.3 Å². The maximum atomic E-state index is 13.6. The summed E-state index contributed by atoms with van der Waals surface area (Å²) in [5.74, 6) is -0.840. The number of likely N-dealkylation sites (N-methyl/N-ethyl adjacent to an activating group) is 1. The zero-order valence-electron chi connectivity index (χ0n) is 22.7. The smallest absolute Gasteiger partial charge is 0.331 e. The van der Waals surface area contributed by atoms with E-state index >= 15 is 0 Å². The molecule has 0 fully saturated rings. The Morgan fingerprint density at radius 2 is 1.67 bits per heavy atom. The van der Waals surface area contributed by atoms with Gasteiger partial charge in [0.15, 0.2) is 0 Å². The van der Waals surface area contributed by atoms with Gasteiger partial charge >= 0.3 is 5.97 Å². The molecule has 1 aromatic heterocycles. The molecule has 0 aliphatic heterocycles. The minimum atomic E-state index is -1.20. The summed E-state index contributed by atoms with van der Waals surface area (Å²) in [6.45, 7) is 14.4. The number of benzene rings is 1. The maximum Gasteiger partial charge on any atom is 0.331 e. The molecule has 0 radical (unpaired) electrons. The number of hydrogen-bond acceptors (Lipinski definition) is 6. The second kappa shape index (κ2) is 13.4. The van der Waals surface area contributed by atoms with Crippen LogP contribution in [0.5, 0.6) is 0 Å². The van der Waals surface area contributed by atoms with Gasteiger partial charge in [0, 0.05) is 19.7 Å². The molecule has 0 spiro atoms. The molecule has 0 aliphatic carbocycles. The third-order valence-corrected chi connectivity index (χ3v) is 7.40. The molecule has 2 rings (SSSR count). The van der Waals surface area contributed by atoms with E-state index in [0.29, 0.717) is 23.5 Å². The third kappa shape index (κ3) is 9.01. The fourth-order valence-corrected chi connectivity index (χ4v) is 4.66. The zero-order chi connectivity index (χ0) is 27.8. The number of nitrogens with zero attached hydrogens (tertiary/aromatic N) is 2. The van der Waals surface area contributed by atoms with Gasteiger partial charge in [0.05, 0.1) is 9.35 Å². The van der Waals surface area contributed by atoms with E-state index < -0.39 is 17.1 Å². The summed E-state index contributed by atoms with van der Waals surface area (Å²) in [6.07, 6.45) is 1.23. The Morgan fingerprint density at radius 1 is 1.14 bits per heavy atom. The van der Waals surface area contributed by atoms with E-state index in [1.807, 2.05) is 37.3 Å². The SMILES string of the molecule is CC(C)O.Cc1c(Br)sc(N(C=O)CCc2ccccc2)c1C(=O)N(C)C(C)(C)C(=O)OC(C)(C)C. The minimum absolute atomic E-state index is 0.167. The van der Waals surface area contributed by atoms with Gasteiger partial charge in [-0.05, 0) is 88.9 Å². The molecule has 36 heavy (non-hydrogen) atoms. The van der Waals surface area contributed by atoms with Crippen molar-refractivity contribution in [3.05, 3.63) is 50.8 Å². The molecule has 2 amide bonds. The Balaban J connectivity index is 0.00000150. The normalized spacial score (nSPS) is 11.4. The highest BCUT2D eigenvalue weighted by molar-refractivity contribution is 9.11. The number of rotatable bonds is 8. The van der Waals surface area contributed by atoms with E-state index in [0.717, 1.165) is 21.3 Å². The highest BCUT2D eigenvalue weighted by atomic mass is 79.9. The molecule has 0 unspecified atom stereocenters. The highest BCUT2D eigenvalue weighted by Gasteiger charge is 2.41. The van der Waals surface area contributed by atoms with E-state index in [1.165, 1.54) is 16.2 Å². The number of anilines is 1. The standard InChI is InChI=1S/C24H31BrN2O4S.C3H8O/c1-16-18(20(29)26(7)24(5,6)22(30)31-23(2,3)4)21(32-19(16)25)27(15-28)14-13-17-11-9-8-10-12-17;1-3(2)4/h8-12,15H,13-14H2,1-7H3;3-4H,1-2H3. The van der Waals surface area contributed by atoms with Crippen molar-refractivity contribution in [3.8, 4) is 0 Å². The van der Waals surface area contributed by atoms with Gasteiger partial charge in [-0.2, -0.15) is 0 Å². The molecule has 0 aliphatic rings. The summed E-state index contributed by atoms with van der Waals surface area (Å²) in [4.78, 5) is 41.3. The summed E-state index contributed by atoms with van der Waals surface area (Å²) in [5, 5.41) is 8.61. The fraction of sp³-hybridized carbons (Fsp3) is 0.519. The van der Waals surface area contributed by atoms with Crippen molar-refractivity contribution < 1.29 is 24.2 Å².